The van der Waals surface area contributed by atoms with Crippen molar-refractivity contribution in [2.24, 2.45) is 0 Å². The minimum Gasteiger partial charge on any atom is -0.481 e. The lowest BCUT2D eigenvalue weighted by Gasteiger charge is -2.03. The van der Waals surface area contributed by atoms with Crippen molar-refractivity contribution < 1.29 is 15.0 Å². The van der Waals surface area contributed by atoms with E-state index >= 15 is 0 Å². The van der Waals surface area contributed by atoms with Crippen LogP contribution in [0.15, 0.2) is 0 Å². The van der Waals surface area contributed by atoms with E-state index < -0.39 is 5.97 Å². The van der Waals surface area contributed by atoms with Crippen LogP contribution in [0, 0.1) is 6.92 Å². The average molecular weight is 344 g/mol. The first-order chi connectivity index (χ1) is 11.7. The van der Waals surface area contributed by atoms with E-state index in [1.54, 1.807) is 0 Å². The summed E-state index contributed by atoms with van der Waals surface area (Å²) in [7, 11) is 0. The number of aliphatic hydroxyl groups excluding tert-OH is 1. The third kappa shape index (κ3) is 29.4. The first kappa shape index (κ1) is 25.7. The van der Waals surface area contributed by atoms with Crippen LogP contribution in [0.5, 0.6) is 0 Å². The molecule has 0 aliphatic heterocycles. The lowest BCUT2D eigenvalue weighted by Crippen LogP contribution is -1.93. The molecule has 0 unspecified atom stereocenters. The van der Waals surface area contributed by atoms with Crippen LogP contribution in [-0.4, -0.2) is 22.8 Å². The Bertz CT molecular complexity index is 227. The summed E-state index contributed by atoms with van der Waals surface area (Å²) in [6.45, 7) is 5.83. The van der Waals surface area contributed by atoms with Gasteiger partial charge in [-0.2, -0.15) is 0 Å². The maximum atomic E-state index is 10.3. The predicted molar refractivity (Wildman–Crippen MR) is 104 cm³/mol. The number of hydrogen-bond donors (Lipinski definition) is 2. The number of carboxylic acid groups (broad SMARTS) is 1. The highest BCUT2D eigenvalue weighted by atomic mass is 16.4. The van der Waals surface area contributed by atoms with Gasteiger partial charge in [-0.05, 0) is 12.8 Å². The second-order valence-corrected chi connectivity index (χ2v) is 6.67. The van der Waals surface area contributed by atoms with E-state index in [1.807, 2.05) is 0 Å². The van der Waals surface area contributed by atoms with Gasteiger partial charge in [-0.15, -0.1) is 0 Å². The predicted octanol–water partition coefficient (Wildman–Crippen LogP) is 6.54. The first-order valence-corrected chi connectivity index (χ1v) is 10.3. The maximum absolute atomic E-state index is 10.3. The van der Waals surface area contributed by atoms with Gasteiger partial charge in [0.15, 0.2) is 0 Å². The van der Waals surface area contributed by atoms with Gasteiger partial charge in [-0.3, -0.25) is 4.79 Å². The van der Waals surface area contributed by atoms with E-state index in [0.29, 0.717) is 12.8 Å². The van der Waals surface area contributed by atoms with Gasteiger partial charge in [-0.25, -0.2) is 0 Å². The van der Waals surface area contributed by atoms with Crippen LogP contribution in [0.3, 0.4) is 0 Å². The minimum absolute atomic E-state index is 0.208. The summed E-state index contributed by atoms with van der Waals surface area (Å²) in [6.07, 6.45) is 20.8. The topological polar surface area (TPSA) is 57.5 Å². The molecule has 0 aliphatic rings. The normalized spacial score (nSPS) is 10.3. The lowest BCUT2D eigenvalue weighted by molar-refractivity contribution is -0.137. The zero-order valence-electron chi connectivity index (χ0n) is 16.2. The van der Waals surface area contributed by atoms with Crippen molar-refractivity contribution in [3.05, 3.63) is 6.92 Å². The maximum Gasteiger partial charge on any atom is 0.303 e. The zero-order chi connectivity index (χ0) is 18.3. The molecule has 3 heteroatoms. The molecule has 0 aliphatic carbocycles. The van der Waals surface area contributed by atoms with Crippen LogP contribution >= 0.6 is 0 Å². The van der Waals surface area contributed by atoms with E-state index in [1.165, 1.54) is 83.5 Å². The van der Waals surface area contributed by atoms with Crippen LogP contribution < -0.4 is 0 Å². The first-order valence-electron chi connectivity index (χ1n) is 10.3. The summed E-state index contributed by atoms with van der Waals surface area (Å²) >= 11 is 0. The molecule has 0 aromatic rings. The molecule has 0 bridgehead atoms. The third-order valence-corrected chi connectivity index (χ3v) is 4.15. The zero-order valence-corrected chi connectivity index (χ0v) is 16.2. The van der Waals surface area contributed by atoms with E-state index in [2.05, 4.69) is 13.8 Å². The van der Waals surface area contributed by atoms with Crippen LogP contribution in [0.2, 0.25) is 0 Å². The average Bonchev–Trinajstić information content (AvgIpc) is 2.58. The molecule has 0 amide bonds. The molecule has 0 aromatic carbocycles. The Hall–Kier alpha value is -0.570. The molecule has 1 radical (unpaired) electrons. The number of aliphatic carboxylic acids is 1. The summed E-state index contributed by atoms with van der Waals surface area (Å²) in [5, 5.41) is 16.3. The van der Waals surface area contributed by atoms with Crippen molar-refractivity contribution in [3.63, 3.8) is 0 Å². The highest BCUT2D eigenvalue weighted by molar-refractivity contribution is 5.66. The molecular weight excluding hydrogens is 300 g/mol. The Morgan fingerprint density at radius 2 is 1.00 bits per heavy atom. The smallest absolute Gasteiger partial charge is 0.303 e. The molecule has 0 fully saturated rings. The fourth-order valence-corrected chi connectivity index (χ4v) is 2.65. The van der Waals surface area contributed by atoms with Crippen molar-refractivity contribution in [3.8, 4) is 0 Å². The number of carbonyl (C=O) groups is 1. The fraction of sp³-hybridized carbons (Fsp3) is 0.905. The molecule has 0 saturated carbocycles. The number of hydrogen-bond acceptors (Lipinski definition) is 2. The van der Waals surface area contributed by atoms with Gasteiger partial charge in [0.1, 0.15) is 0 Å². The van der Waals surface area contributed by atoms with E-state index in [4.69, 9.17) is 10.2 Å². The number of rotatable bonds is 17. The van der Waals surface area contributed by atoms with Gasteiger partial charge < -0.3 is 10.2 Å². The summed E-state index contributed by atoms with van der Waals surface area (Å²) < 4.78 is 0. The molecule has 3 nitrogen and oxygen atoms in total. The summed E-state index contributed by atoms with van der Waals surface area (Å²) in [6, 6.07) is 0. The monoisotopic (exact) mass is 343 g/mol. The summed E-state index contributed by atoms with van der Waals surface area (Å²) in [4.78, 5) is 10.3. The SMILES string of the molecule is CCCCCCCCCCCCCCCCCC(=O)O.[CH2]CCO. The molecule has 2 N–H and O–H groups in total. The minimum atomic E-state index is -0.653. The molecule has 0 spiro atoms. The van der Waals surface area contributed by atoms with Gasteiger partial charge in [0.05, 0.1) is 0 Å². The molecule has 0 saturated heterocycles. The summed E-state index contributed by atoms with van der Waals surface area (Å²) in [5.74, 6) is -0.653. The Kier molecular flexibility index (Phi) is 26.4. The van der Waals surface area contributed by atoms with E-state index in [9.17, 15) is 4.79 Å². The van der Waals surface area contributed by atoms with Gasteiger partial charge in [0.25, 0.3) is 0 Å². The third-order valence-electron chi connectivity index (χ3n) is 4.15. The fourth-order valence-electron chi connectivity index (χ4n) is 2.65. The van der Waals surface area contributed by atoms with E-state index in [-0.39, 0.29) is 6.61 Å². The van der Waals surface area contributed by atoms with Crippen LogP contribution in [-0.2, 0) is 4.79 Å². The Balaban J connectivity index is 0. The van der Waals surface area contributed by atoms with Crippen molar-refractivity contribution in [2.45, 2.75) is 116 Å². The van der Waals surface area contributed by atoms with Gasteiger partial charge in [0.2, 0.25) is 0 Å². The number of unbranched alkanes of at least 4 members (excludes halogenated alkanes) is 14. The highest BCUT2D eigenvalue weighted by Crippen LogP contribution is 2.13. The highest BCUT2D eigenvalue weighted by Gasteiger charge is 1.97. The van der Waals surface area contributed by atoms with Gasteiger partial charge >= 0.3 is 5.97 Å². The molecule has 0 heterocycles. The van der Waals surface area contributed by atoms with E-state index in [0.717, 1.165) is 12.8 Å². The Morgan fingerprint density at radius 3 is 1.25 bits per heavy atom. The van der Waals surface area contributed by atoms with Crippen molar-refractivity contribution in [2.75, 3.05) is 6.61 Å². The standard InChI is InChI=1S/C18H36O2.C3H7O/c1-2-3-4-5-6-7-8-9-10-11-12-13-14-15-16-17-18(19)20;1-2-3-4/h2-17H2,1H3,(H,19,20);4H,1-3H2. The molecule has 0 atom stereocenters. The largest absolute Gasteiger partial charge is 0.481 e. The van der Waals surface area contributed by atoms with Gasteiger partial charge in [0, 0.05) is 13.0 Å². The summed E-state index contributed by atoms with van der Waals surface area (Å²) in [5.41, 5.74) is 0. The molecule has 0 aromatic heterocycles. The van der Waals surface area contributed by atoms with Crippen LogP contribution in [0.25, 0.3) is 0 Å². The quantitative estimate of drug-likeness (QED) is 0.295. The molecule has 24 heavy (non-hydrogen) atoms. The van der Waals surface area contributed by atoms with Crippen molar-refractivity contribution >= 4 is 5.97 Å². The van der Waals surface area contributed by atoms with Crippen molar-refractivity contribution in [1.82, 2.24) is 0 Å². The molecule has 0 rings (SSSR count). The molecular formula is C21H43O3. The molecule has 145 valence electrons. The second-order valence-electron chi connectivity index (χ2n) is 6.67. The number of carboxylic acids is 1. The van der Waals surface area contributed by atoms with Crippen molar-refractivity contribution in [1.29, 1.82) is 0 Å². The Morgan fingerprint density at radius 1 is 0.708 bits per heavy atom. The lowest BCUT2D eigenvalue weighted by atomic mass is 10.0. The van der Waals surface area contributed by atoms with Crippen LogP contribution in [0.4, 0.5) is 0 Å². The van der Waals surface area contributed by atoms with Crippen LogP contribution in [0.1, 0.15) is 116 Å². The second kappa shape index (κ2) is 24.7. The van der Waals surface area contributed by atoms with Gasteiger partial charge in [-0.1, -0.05) is 104 Å². The number of aliphatic hydroxyl groups is 1. The Labute approximate surface area is 151 Å².